The lowest BCUT2D eigenvalue weighted by Crippen LogP contribution is -2.58. The Morgan fingerprint density at radius 3 is 2.27 bits per heavy atom. The molecule has 0 radical (unpaired) electrons. The van der Waals surface area contributed by atoms with E-state index in [2.05, 4.69) is 41.8 Å². The van der Waals surface area contributed by atoms with Crippen molar-refractivity contribution in [1.29, 1.82) is 0 Å². The van der Waals surface area contributed by atoms with Gasteiger partial charge in [-0.2, -0.15) is 4.99 Å². The van der Waals surface area contributed by atoms with E-state index >= 15 is 0 Å². The number of nitrogens with zero attached hydrogens (tertiary/aromatic N) is 3. The predicted octanol–water partition coefficient (Wildman–Crippen LogP) is 3.03. The van der Waals surface area contributed by atoms with Crippen molar-refractivity contribution in [3.63, 3.8) is 0 Å². The summed E-state index contributed by atoms with van der Waals surface area (Å²) in [5, 5.41) is 9.92. The zero-order valence-electron chi connectivity index (χ0n) is 11.9. The fourth-order valence-electron chi connectivity index (χ4n) is 3.18. The molecule has 1 aliphatic heterocycles. The number of hydrogen-bond acceptors (Lipinski definition) is 6. The Morgan fingerprint density at radius 1 is 1.09 bits per heavy atom. The average Bonchev–Trinajstić information content (AvgIpc) is 2.44. The van der Waals surface area contributed by atoms with Gasteiger partial charge >= 0.3 is 0 Å². The molecule has 3 rings (SSSR count). The molecule has 0 saturated heterocycles. The van der Waals surface area contributed by atoms with Gasteiger partial charge in [0.2, 0.25) is 11.9 Å². The lowest BCUT2D eigenvalue weighted by atomic mass is 9.87. The van der Waals surface area contributed by atoms with Crippen LogP contribution in [0.3, 0.4) is 0 Å². The lowest BCUT2D eigenvalue weighted by Gasteiger charge is -2.45. The number of phenolic OH excluding ortho intramolecular Hbond substituents is 1. The predicted molar refractivity (Wildman–Crippen MR) is 95.0 cm³/mol. The van der Waals surface area contributed by atoms with Crippen LogP contribution in [0.2, 0.25) is 0 Å². The number of rotatable bonds is 1. The maximum absolute atomic E-state index is 9.92. The first-order valence-corrected chi connectivity index (χ1v) is 8.69. The second-order valence-electron chi connectivity index (χ2n) is 5.58. The highest BCUT2D eigenvalue weighted by Crippen LogP contribution is 2.43. The Labute approximate surface area is 145 Å². The zero-order valence-corrected chi connectivity index (χ0v) is 15.1. The Bertz CT molecular complexity index is 644. The van der Waals surface area contributed by atoms with Gasteiger partial charge < -0.3 is 16.6 Å². The minimum Gasteiger partial charge on any atom is -0.506 e. The molecule has 2 aliphatic rings. The number of phenols is 1. The van der Waals surface area contributed by atoms with E-state index in [-0.39, 0.29) is 11.7 Å². The van der Waals surface area contributed by atoms with Crippen LogP contribution in [0, 0.1) is 0 Å². The highest BCUT2D eigenvalue weighted by atomic mass is 79.9. The highest BCUT2D eigenvalue weighted by Gasteiger charge is 2.42. The first kappa shape index (κ1) is 15.6. The largest absolute Gasteiger partial charge is 0.506 e. The van der Waals surface area contributed by atoms with Crippen molar-refractivity contribution >= 4 is 49.5 Å². The molecule has 22 heavy (non-hydrogen) atoms. The Kier molecular flexibility index (Phi) is 4.07. The van der Waals surface area contributed by atoms with Crippen LogP contribution in [-0.4, -0.2) is 22.7 Å². The SMILES string of the molecule is NC1=NC2(CCCCC2)N(c2cc(Br)c(O)c(Br)c2)C(N)=N1. The molecule has 118 valence electrons. The third-order valence-corrected chi connectivity index (χ3v) is 5.32. The molecule has 0 aromatic heterocycles. The minimum atomic E-state index is -0.482. The number of halogens is 2. The molecule has 1 spiro atoms. The van der Waals surface area contributed by atoms with Crippen LogP contribution in [0.15, 0.2) is 31.1 Å². The molecular weight excluding hydrogens is 414 g/mol. The van der Waals surface area contributed by atoms with E-state index in [9.17, 15) is 5.11 Å². The van der Waals surface area contributed by atoms with Crippen LogP contribution in [0.5, 0.6) is 5.75 Å². The summed E-state index contributed by atoms with van der Waals surface area (Å²) in [4.78, 5) is 10.7. The van der Waals surface area contributed by atoms with Gasteiger partial charge in [-0.05, 0) is 69.7 Å². The highest BCUT2D eigenvalue weighted by molar-refractivity contribution is 9.11. The van der Waals surface area contributed by atoms with Gasteiger partial charge in [0.15, 0.2) is 0 Å². The summed E-state index contributed by atoms with van der Waals surface area (Å²) in [6.07, 6.45) is 5.08. The summed E-state index contributed by atoms with van der Waals surface area (Å²) in [5.41, 5.74) is 12.4. The normalized spacial score (nSPS) is 20.7. The zero-order chi connectivity index (χ0) is 15.9. The van der Waals surface area contributed by atoms with Crippen LogP contribution in [0.4, 0.5) is 5.69 Å². The summed E-state index contributed by atoms with van der Waals surface area (Å²) in [6.45, 7) is 0. The summed E-state index contributed by atoms with van der Waals surface area (Å²) in [5.74, 6) is 0.712. The third kappa shape index (κ3) is 2.58. The number of aromatic hydroxyl groups is 1. The molecule has 6 nitrogen and oxygen atoms in total. The number of nitrogens with two attached hydrogens (primary N) is 2. The van der Waals surface area contributed by atoms with Crippen LogP contribution in [0.1, 0.15) is 32.1 Å². The van der Waals surface area contributed by atoms with Crippen molar-refractivity contribution in [3.05, 3.63) is 21.1 Å². The van der Waals surface area contributed by atoms with Gasteiger partial charge in [-0.15, -0.1) is 0 Å². The average molecular weight is 431 g/mol. The van der Waals surface area contributed by atoms with Crippen LogP contribution in [-0.2, 0) is 0 Å². The summed E-state index contributed by atoms with van der Waals surface area (Å²) in [6, 6.07) is 3.63. The maximum atomic E-state index is 9.92. The summed E-state index contributed by atoms with van der Waals surface area (Å²) >= 11 is 6.72. The lowest BCUT2D eigenvalue weighted by molar-refractivity contribution is 0.305. The second kappa shape index (κ2) is 5.73. The fourth-order valence-corrected chi connectivity index (χ4v) is 4.34. The van der Waals surface area contributed by atoms with Crippen molar-refractivity contribution in [1.82, 2.24) is 0 Å². The van der Waals surface area contributed by atoms with E-state index in [0.717, 1.165) is 31.4 Å². The molecule has 0 amide bonds. The standard InChI is InChI=1S/C14H17Br2N5O/c15-9-6-8(7-10(16)11(9)22)21-13(18)19-12(17)20-14(21)4-2-1-3-5-14/h6-7,22H,1-5H2,(H4,17,18,19,20). The number of hydrogen-bond donors (Lipinski definition) is 3. The molecule has 1 fully saturated rings. The second-order valence-corrected chi connectivity index (χ2v) is 7.29. The fraction of sp³-hybridized carbons (Fsp3) is 0.429. The van der Waals surface area contributed by atoms with Gasteiger partial charge in [0, 0.05) is 5.69 Å². The Hall–Kier alpha value is -1.28. The van der Waals surface area contributed by atoms with E-state index in [1.807, 2.05) is 17.0 Å². The van der Waals surface area contributed by atoms with Crippen LogP contribution < -0.4 is 16.4 Å². The van der Waals surface area contributed by atoms with Gasteiger partial charge in [-0.25, -0.2) is 4.99 Å². The monoisotopic (exact) mass is 429 g/mol. The molecule has 0 bridgehead atoms. The van der Waals surface area contributed by atoms with Gasteiger partial charge in [0.25, 0.3) is 0 Å². The summed E-state index contributed by atoms with van der Waals surface area (Å²) < 4.78 is 1.16. The van der Waals surface area contributed by atoms with Gasteiger partial charge in [-0.3, -0.25) is 4.90 Å². The molecular formula is C14H17Br2N5O. The van der Waals surface area contributed by atoms with Gasteiger partial charge in [-0.1, -0.05) is 6.42 Å². The molecule has 1 aromatic carbocycles. The van der Waals surface area contributed by atoms with Gasteiger partial charge in [0.1, 0.15) is 11.4 Å². The maximum Gasteiger partial charge on any atom is 0.220 e. The molecule has 0 atom stereocenters. The summed E-state index contributed by atoms with van der Waals surface area (Å²) in [7, 11) is 0. The van der Waals surface area contributed by atoms with Crippen molar-refractivity contribution in [2.45, 2.75) is 37.8 Å². The Balaban J connectivity index is 2.12. The van der Waals surface area contributed by atoms with E-state index in [1.165, 1.54) is 6.42 Å². The number of guanidine groups is 2. The van der Waals surface area contributed by atoms with Crippen LogP contribution in [0.25, 0.3) is 0 Å². The van der Waals surface area contributed by atoms with Crippen LogP contribution >= 0.6 is 31.9 Å². The van der Waals surface area contributed by atoms with Crippen molar-refractivity contribution in [2.24, 2.45) is 21.5 Å². The molecule has 5 N–H and O–H groups in total. The molecule has 1 heterocycles. The number of aliphatic imine (C=N–C) groups is 2. The smallest absolute Gasteiger partial charge is 0.220 e. The third-order valence-electron chi connectivity index (χ3n) is 4.11. The molecule has 8 heteroatoms. The number of anilines is 1. The van der Waals surface area contributed by atoms with Crippen molar-refractivity contribution in [3.8, 4) is 5.75 Å². The van der Waals surface area contributed by atoms with Gasteiger partial charge in [0.05, 0.1) is 8.95 Å². The first-order valence-electron chi connectivity index (χ1n) is 7.11. The number of benzene rings is 1. The van der Waals surface area contributed by atoms with Crippen molar-refractivity contribution in [2.75, 3.05) is 4.90 Å². The molecule has 1 aliphatic carbocycles. The Morgan fingerprint density at radius 2 is 1.68 bits per heavy atom. The minimum absolute atomic E-state index is 0.150. The molecule has 1 aromatic rings. The van der Waals surface area contributed by atoms with Crippen molar-refractivity contribution < 1.29 is 5.11 Å². The topological polar surface area (TPSA) is 100 Å². The van der Waals surface area contributed by atoms with E-state index in [0.29, 0.717) is 14.9 Å². The quantitative estimate of drug-likeness (QED) is 0.637. The molecule has 1 saturated carbocycles. The first-order chi connectivity index (χ1) is 10.4. The van der Waals surface area contributed by atoms with E-state index in [1.54, 1.807) is 0 Å². The molecule has 0 unspecified atom stereocenters. The van der Waals surface area contributed by atoms with E-state index in [4.69, 9.17) is 11.5 Å². The van der Waals surface area contributed by atoms with E-state index < -0.39 is 5.66 Å².